The normalized spacial score (nSPS) is 10.8. The number of hydrogen-bond donors (Lipinski definition) is 1. The molecule has 0 radical (unpaired) electrons. The maximum Gasteiger partial charge on any atom is 0.337 e. The second kappa shape index (κ2) is 8.54. The molecule has 0 saturated carbocycles. The van der Waals surface area contributed by atoms with Crippen LogP contribution in [0.5, 0.6) is 5.75 Å². The number of carbonyl (C=O) groups excluding carboxylic acids is 2. The number of rotatable bonds is 7. The van der Waals surface area contributed by atoms with Crippen molar-refractivity contribution in [2.45, 2.75) is 0 Å². The van der Waals surface area contributed by atoms with Crippen LogP contribution in [0.4, 0.5) is 11.4 Å². The summed E-state index contributed by atoms with van der Waals surface area (Å²) >= 11 is 0. The van der Waals surface area contributed by atoms with Crippen molar-refractivity contribution in [3.63, 3.8) is 0 Å². The minimum Gasteiger partial charge on any atom is -0.497 e. The SMILES string of the molecule is COC(=O)c1ccc(NC(=O)CN(c2cccc(OC)c2)S(C)(=O)=O)cc1. The first-order valence-corrected chi connectivity index (χ1v) is 9.69. The molecule has 2 rings (SSSR count). The highest BCUT2D eigenvalue weighted by atomic mass is 32.2. The molecule has 0 fully saturated rings. The highest BCUT2D eigenvalue weighted by molar-refractivity contribution is 7.92. The summed E-state index contributed by atoms with van der Waals surface area (Å²) in [6.07, 6.45) is 1.02. The van der Waals surface area contributed by atoms with Gasteiger partial charge in [-0.3, -0.25) is 9.10 Å². The molecule has 0 heterocycles. The van der Waals surface area contributed by atoms with Gasteiger partial charge in [-0.15, -0.1) is 0 Å². The second-order valence-corrected chi connectivity index (χ2v) is 7.50. The van der Waals surface area contributed by atoms with E-state index < -0.39 is 28.4 Å². The average Bonchev–Trinajstić information content (AvgIpc) is 2.65. The van der Waals surface area contributed by atoms with Crippen LogP contribution in [0.1, 0.15) is 10.4 Å². The quantitative estimate of drug-likeness (QED) is 0.722. The third-order valence-corrected chi connectivity index (χ3v) is 4.76. The zero-order valence-corrected chi connectivity index (χ0v) is 15.9. The van der Waals surface area contributed by atoms with Crippen LogP contribution < -0.4 is 14.4 Å². The fourth-order valence-electron chi connectivity index (χ4n) is 2.30. The van der Waals surface area contributed by atoms with E-state index in [9.17, 15) is 18.0 Å². The molecule has 1 N–H and O–H groups in total. The van der Waals surface area contributed by atoms with E-state index in [0.717, 1.165) is 10.6 Å². The lowest BCUT2D eigenvalue weighted by Gasteiger charge is -2.22. The molecule has 0 aliphatic carbocycles. The van der Waals surface area contributed by atoms with E-state index in [1.54, 1.807) is 18.2 Å². The monoisotopic (exact) mass is 392 g/mol. The molecule has 2 aromatic rings. The van der Waals surface area contributed by atoms with Crippen LogP contribution in [0, 0.1) is 0 Å². The summed E-state index contributed by atoms with van der Waals surface area (Å²) < 4.78 is 34.9. The molecule has 0 aromatic heterocycles. The van der Waals surface area contributed by atoms with Gasteiger partial charge in [-0.25, -0.2) is 13.2 Å². The van der Waals surface area contributed by atoms with Crippen molar-refractivity contribution in [3.05, 3.63) is 54.1 Å². The van der Waals surface area contributed by atoms with Gasteiger partial charge in [-0.05, 0) is 36.4 Å². The van der Waals surface area contributed by atoms with Gasteiger partial charge in [0.25, 0.3) is 0 Å². The van der Waals surface area contributed by atoms with Gasteiger partial charge in [0.2, 0.25) is 15.9 Å². The van der Waals surface area contributed by atoms with E-state index in [2.05, 4.69) is 10.1 Å². The van der Waals surface area contributed by atoms with Crippen LogP contribution in [-0.2, 0) is 19.6 Å². The minimum absolute atomic E-state index is 0.313. The molecule has 144 valence electrons. The number of benzene rings is 2. The van der Waals surface area contributed by atoms with Crippen LogP contribution in [0.3, 0.4) is 0 Å². The number of nitrogens with zero attached hydrogens (tertiary/aromatic N) is 1. The summed E-state index contributed by atoms with van der Waals surface area (Å²) in [5, 5.41) is 2.60. The Morgan fingerprint density at radius 2 is 1.74 bits per heavy atom. The number of anilines is 2. The zero-order valence-electron chi connectivity index (χ0n) is 15.1. The largest absolute Gasteiger partial charge is 0.497 e. The topological polar surface area (TPSA) is 102 Å². The number of amides is 1. The van der Waals surface area contributed by atoms with Crippen molar-refractivity contribution in [1.29, 1.82) is 0 Å². The van der Waals surface area contributed by atoms with Crippen LogP contribution >= 0.6 is 0 Å². The standard InChI is InChI=1S/C18H20N2O6S/c1-25-16-6-4-5-15(11-16)20(27(3,23)24)12-17(21)19-14-9-7-13(8-10-14)18(22)26-2/h4-11H,12H2,1-3H3,(H,19,21). The number of nitrogens with one attached hydrogen (secondary N) is 1. The summed E-state index contributed by atoms with van der Waals surface area (Å²) in [5.41, 5.74) is 1.07. The molecule has 0 spiro atoms. The van der Waals surface area contributed by atoms with Gasteiger partial charge in [0.15, 0.2) is 0 Å². The van der Waals surface area contributed by atoms with E-state index in [-0.39, 0.29) is 0 Å². The lowest BCUT2D eigenvalue weighted by Crippen LogP contribution is -2.37. The van der Waals surface area contributed by atoms with Crippen LogP contribution in [-0.4, -0.2) is 47.3 Å². The van der Waals surface area contributed by atoms with Gasteiger partial charge < -0.3 is 14.8 Å². The first kappa shape index (κ1) is 20.2. The predicted molar refractivity (Wildman–Crippen MR) is 102 cm³/mol. The number of hydrogen-bond acceptors (Lipinski definition) is 6. The average molecular weight is 392 g/mol. The molecular formula is C18H20N2O6S. The third kappa shape index (κ3) is 5.45. The minimum atomic E-state index is -3.70. The van der Waals surface area contributed by atoms with Gasteiger partial charge in [-0.1, -0.05) is 6.07 Å². The van der Waals surface area contributed by atoms with Gasteiger partial charge >= 0.3 is 5.97 Å². The summed E-state index contributed by atoms with van der Waals surface area (Å²) in [6, 6.07) is 12.5. The van der Waals surface area contributed by atoms with E-state index >= 15 is 0 Å². The molecule has 27 heavy (non-hydrogen) atoms. The zero-order chi connectivity index (χ0) is 20.0. The van der Waals surface area contributed by atoms with E-state index in [0.29, 0.717) is 22.7 Å². The van der Waals surface area contributed by atoms with Crippen LogP contribution in [0.25, 0.3) is 0 Å². The summed E-state index contributed by atoms with van der Waals surface area (Å²) in [7, 11) is -0.955. The Hall–Kier alpha value is -3.07. The Labute approximate surface area is 157 Å². The van der Waals surface area contributed by atoms with Gasteiger partial charge in [0, 0.05) is 11.8 Å². The van der Waals surface area contributed by atoms with Crippen LogP contribution in [0.2, 0.25) is 0 Å². The van der Waals surface area contributed by atoms with Gasteiger partial charge in [-0.2, -0.15) is 0 Å². The first-order chi connectivity index (χ1) is 12.7. The van der Waals surface area contributed by atoms with E-state index in [4.69, 9.17) is 4.74 Å². The molecule has 9 heteroatoms. The Morgan fingerprint density at radius 3 is 2.30 bits per heavy atom. The Morgan fingerprint density at radius 1 is 1.07 bits per heavy atom. The van der Waals surface area contributed by atoms with Crippen molar-refractivity contribution >= 4 is 33.3 Å². The maximum atomic E-state index is 12.3. The molecule has 0 aliphatic rings. The summed E-state index contributed by atoms with van der Waals surface area (Å²) in [6.45, 7) is -0.412. The lowest BCUT2D eigenvalue weighted by molar-refractivity contribution is -0.114. The Kier molecular flexibility index (Phi) is 6.40. The van der Waals surface area contributed by atoms with Gasteiger partial charge in [0.1, 0.15) is 12.3 Å². The third-order valence-electron chi connectivity index (χ3n) is 3.62. The summed E-state index contributed by atoms with van der Waals surface area (Å²) in [5.74, 6) is -0.553. The number of esters is 1. The molecule has 0 atom stereocenters. The van der Waals surface area contributed by atoms with E-state index in [1.165, 1.54) is 44.6 Å². The predicted octanol–water partition coefficient (Wildman–Crippen LogP) is 1.89. The number of sulfonamides is 1. The molecule has 0 saturated heterocycles. The highest BCUT2D eigenvalue weighted by Crippen LogP contribution is 2.23. The van der Waals surface area contributed by atoms with Crippen molar-refractivity contribution < 1.29 is 27.5 Å². The molecule has 2 aromatic carbocycles. The number of methoxy groups -OCH3 is 2. The van der Waals surface area contributed by atoms with Crippen molar-refractivity contribution in [1.82, 2.24) is 0 Å². The molecular weight excluding hydrogens is 372 g/mol. The maximum absolute atomic E-state index is 12.3. The van der Waals surface area contributed by atoms with E-state index in [1.807, 2.05) is 0 Å². The molecule has 0 unspecified atom stereocenters. The molecule has 0 aliphatic heterocycles. The number of ether oxygens (including phenoxy) is 2. The number of carbonyl (C=O) groups is 2. The molecule has 0 bridgehead atoms. The fraction of sp³-hybridized carbons (Fsp3) is 0.222. The van der Waals surface area contributed by atoms with Crippen molar-refractivity contribution in [3.8, 4) is 5.75 Å². The highest BCUT2D eigenvalue weighted by Gasteiger charge is 2.21. The van der Waals surface area contributed by atoms with Gasteiger partial charge in [0.05, 0.1) is 31.7 Å². The first-order valence-electron chi connectivity index (χ1n) is 7.84. The van der Waals surface area contributed by atoms with Crippen molar-refractivity contribution in [2.24, 2.45) is 0 Å². The van der Waals surface area contributed by atoms with Crippen LogP contribution in [0.15, 0.2) is 48.5 Å². The smallest absolute Gasteiger partial charge is 0.337 e. The fourth-order valence-corrected chi connectivity index (χ4v) is 3.15. The summed E-state index contributed by atoms with van der Waals surface area (Å²) in [4.78, 5) is 23.8. The molecule has 8 nitrogen and oxygen atoms in total. The lowest BCUT2D eigenvalue weighted by atomic mass is 10.2. The molecule has 1 amide bonds. The Bertz CT molecular complexity index is 925. The Balaban J connectivity index is 2.15. The second-order valence-electron chi connectivity index (χ2n) is 5.59. The van der Waals surface area contributed by atoms with Crippen molar-refractivity contribution in [2.75, 3.05) is 36.6 Å².